The van der Waals surface area contributed by atoms with Crippen molar-refractivity contribution in [2.24, 2.45) is 5.92 Å². The molecule has 0 radical (unpaired) electrons. The van der Waals surface area contributed by atoms with Gasteiger partial charge in [-0.3, -0.25) is 0 Å². The van der Waals surface area contributed by atoms with Crippen LogP contribution in [0, 0.1) is 5.92 Å². The predicted octanol–water partition coefficient (Wildman–Crippen LogP) is 2.71. The largest absolute Gasteiger partial charge is 0.383 e. The molecule has 1 N–H and O–H groups in total. The van der Waals surface area contributed by atoms with Gasteiger partial charge in [0.25, 0.3) is 10.0 Å². The van der Waals surface area contributed by atoms with Crippen LogP contribution in [-0.4, -0.2) is 37.3 Å². The van der Waals surface area contributed by atoms with Gasteiger partial charge in [-0.15, -0.1) is 0 Å². The fourth-order valence-corrected chi connectivity index (χ4v) is 4.46. The number of sulfonamides is 1. The minimum Gasteiger partial charge on any atom is -0.383 e. The Labute approximate surface area is 127 Å². The van der Waals surface area contributed by atoms with Crippen LogP contribution in [0.3, 0.4) is 0 Å². The minimum atomic E-state index is -3.56. The molecule has 0 aliphatic heterocycles. The van der Waals surface area contributed by atoms with Crippen molar-refractivity contribution in [2.45, 2.75) is 50.6 Å². The molecule has 2 rings (SSSR count). The van der Waals surface area contributed by atoms with E-state index in [1.165, 1.54) is 16.9 Å². The SMILES string of the molecule is CCNc1cccnc1S(=O)(=O)N(C)C1CCCC(C)C1. The van der Waals surface area contributed by atoms with Gasteiger partial charge in [-0.25, -0.2) is 13.4 Å². The van der Waals surface area contributed by atoms with E-state index in [1.54, 1.807) is 19.2 Å². The fraction of sp³-hybridized carbons (Fsp3) is 0.667. The van der Waals surface area contributed by atoms with E-state index in [4.69, 9.17) is 0 Å². The molecular weight excluding hydrogens is 286 g/mol. The summed E-state index contributed by atoms with van der Waals surface area (Å²) < 4.78 is 27.2. The maximum Gasteiger partial charge on any atom is 0.262 e. The molecular formula is C15H25N3O2S. The van der Waals surface area contributed by atoms with Crippen molar-refractivity contribution < 1.29 is 8.42 Å². The van der Waals surface area contributed by atoms with Crippen LogP contribution in [-0.2, 0) is 10.0 Å². The molecule has 1 aromatic heterocycles. The minimum absolute atomic E-state index is 0.0789. The molecule has 118 valence electrons. The molecule has 0 amide bonds. The molecule has 1 heterocycles. The van der Waals surface area contributed by atoms with Gasteiger partial charge in [0, 0.05) is 25.8 Å². The normalized spacial score (nSPS) is 23.2. The summed E-state index contributed by atoms with van der Waals surface area (Å²) in [5.74, 6) is 0.582. The highest BCUT2D eigenvalue weighted by Gasteiger charge is 2.33. The van der Waals surface area contributed by atoms with E-state index >= 15 is 0 Å². The first kappa shape index (κ1) is 16.2. The third-order valence-electron chi connectivity index (χ3n) is 4.18. The highest BCUT2D eigenvalue weighted by molar-refractivity contribution is 7.89. The molecule has 1 aromatic rings. The Balaban J connectivity index is 2.28. The quantitative estimate of drug-likeness (QED) is 0.908. The van der Waals surface area contributed by atoms with Gasteiger partial charge in [0.05, 0.1) is 5.69 Å². The first-order valence-corrected chi connectivity index (χ1v) is 9.07. The average Bonchev–Trinajstić information content (AvgIpc) is 2.47. The summed E-state index contributed by atoms with van der Waals surface area (Å²) in [5, 5.41) is 3.21. The van der Waals surface area contributed by atoms with E-state index in [9.17, 15) is 8.42 Å². The van der Waals surface area contributed by atoms with E-state index in [-0.39, 0.29) is 11.1 Å². The Bertz CT molecular complexity index is 574. The zero-order valence-electron chi connectivity index (χ0n) is 13.0. The lowest BCUT2D eigenvalue weighted by molar-refractivity contribution is 0.239. The zero-order chi connectivity index (χ0) is 15.5. The van der Waals surface area contributed by atoms with Crippen molar-refractivity contribution in [2.75, 3.05) is 18.9 Å². The summed E-state index contributed by atoms with van der Waals surface area (Å²) in [6.07, 6.45) is 5.68. The highest BCUT2D eigenvalue weighted by atomic mass is 32.2. The average molecular weight is 311 g/mol. The molecule has 6 heteroatoms. The first-order valence-electron chi connectivity index (χ1n) is 7.63. The lowest BCUT2D eigenvalue weighted by Gasteiger charge is -2.33. The van der Waals surface area contributed by atoms with Crippen LogP contribution in [0.2, 0.25) is 0 Å². The maximum atomic E-state index is 12.9. The molecule has 2 atom stereocenters. The third-order valence-corrected chi connectivity index (χ3v) is 6.06. The van der Waals surface area contributed by atoms with Crippen molar-refractivity contribution in [3.05, 3.63) is 18.3 Å². The number of rotatable bonds is 5. The van der Waals surface area contributed by atoms with Gasteiger partial charge in [0.2, 0.25) is 0 Å². The topological polar surface area (TPSA) is 62.3 Å². The van der Waals surface area contributed by atoms with Crippen molar-refractivity contribution in [3.63, 3.8) is 0 Å². The third kappa shape index (κ3) is 3.55. The summed E-state index contributed by atoms with van der Waals surface area (Å²) >= 11 is 0. The van der Waals surface area contributed by atoms with Gasteiger partial charge in [-0.05, 0) is 37.8 Å². The molecule has 1 aliphatic rings. The first-order chi connectivity index (χ1) is 9.96. The van der Waals surface area contributed by atoms with Crippen molar-refractivity contribution in [1.29, 1.82) is 0 Å². The summed E-state index contributed by atoms with van der Waals surface area (Å²) in [4.78, 5) is 4.11. The van der Waals surface area contributed by atoms with Gasteiger partial charge in [-0.1, -0.05) is 19.8 Å². The molecule has 1 saturated carbocycles. The molecule has 2 unspecified atom stereocenters. The molecule has 0 saturated heterocycles. The van der Waals surface area contributed by atoms with Crippen LogP contribution in [0.5, 0.6) is 0 Å². The van der Waals surface area contributed by atoms with Crippen LogP contribution in [0.15, 0.2) is 23.4 Å². The Hall–Kier alpha value is -1.14. The molecule has 1 fully saturated rings. The van der Waals surface area contributed by atoms with Gasteiger partial charge < -0.3 is 5.32 Å². The van der Waals surface area contributed by atoms with Crippen molar-refractivity contribution in [3.8, 4) is 0 Å². The number of pyridine rings is 1. The number of hydrogen-bond donors (Lipinski definition) is 1. The number of anilines is 1. The van der Waals surface area contributed by atoms with Crippen LogP contribution in [0.1, 0.15) is 39.5 Å². The Kier molecular flexibility index (Phi) is 5.22. The zero-order valence-corrected chi connectivity index (χ0v) is 13.9. The molecule has 0 bridgehead atoms. The van der Waals surface area contributed by atoms with E-state index < -0.39 is 10.0 Å². The number of hydrogen-bond acceptors (Lipinski definition) is 4. The smallest absolute Gasteiger partial charge is 0.262 e. The van der Waals surface area contributed by atoms with E-state index in [0.717, 1.165) is 19.3 Å². The number of nitrogens with zero attached hydrogens (tertiary/aromatic N) is 2. The van der Waals surface area contributed by atoms with Crippen LogP contribution in [0.25, 0.3) is 0 Å². The summed E-state index contributed by atoms with van der Waals surface area (Å²) in [6.45, 7) is 4.80. The Morgan fingerprint density at radius 3 is 2.86 bits per heavy atom. The van der Waals surface area contributed by atoms with Crippen LogP contribution < -0.4 is 5.32 Å². The highest BCUT2D eigenvalue weighted by Crippen LogP contribution is 2.31. The second kappa shape index (κ2) is 6.75. The number of aromatic nitrogens is 1. The standard InChI is InChI=1S/C15H25N3O2S/c1-4-16-14-9-6-10-17-15(14)21(19,20)18(3)13-8-5-7-12(2)11-13/h6,9-10,12-13,16H,4-5,7-8,11H2,1-3H3. The summed E-state index contributed by atoms with van der Waals surface area (Å²) in [6, 6.07) is 3.59. The molecule has 1 aliphatic carbocycles. The Morgan fingerprint density at radius 2 is 2.19 bits per heavy atom. The van der Waals surface area contributed by atoms with Crippen molar-refractivity contribution in [1.82, 2.24) is 9.29 Å². The van der Waals surface area contributed by atoms with Gasteiger partial charge in [0.1, 0.15) is 0 Å². The van der Waals surface area contributed by atoms with E-state index in [0.29, 0.717) is 18.2 Å². The Morgan fingerprint density at radius 1 is 1.43 bits per heavy atom. The summed E-state index contributed by atoms with van der Waals surface area (Å²) in [7, 11) is -1.87. The second-order valence-corrected chi connectivity index (χ2v) is 7.75. The summed E-state index contributed by atoms with van der Waals surface area (Å²) in [5.41, 5.74) is 0.579. The van der Waals surface area contributed by atoms with Crippen LogP contribution in [0.4, 0.5) is 5.69 Å². The molecule has 0 aromatic carbocycles. The van der Waals surface area contributed by atoms with E-state index in [1.807, 2.05) is 6.92 Å². The fourth-order valence-electron chi connectivity index (χ4n) is 2.99. The molecule has 0 spiro atoms. The lowest BCUT2D eigenvalue weighted by Crippen LogP contribution is -2.40. The second-order valence-electron chi connectivity index (χ2n) is 5.83. The van der Waals surface area contributed by atoms with Gasteiger partial charge >= 0.3 is 0 Å². The maximum absolute atomic E-state index is 12.9. The molecule has 21 heavy (non-hydrogen) atoms. The van der Waals surface area contributed by atoms with Gasteiger partial charge in [-0.2, -0.15) is 4.31 Å². The predicted molar refractivity (Wildman–Crippen MR) is 84.8 cm³/mol. The number of nitrogens with one attached hydrogen (secondary N) is 1. The monoisotopic (exact) mass is 311 g/mol. The van der Waals surface area contributed by atoms with Gasteiger partial charge in [0.15, 0.2) is 5.03 Å². The van der Waals surface area contributed by atoms with E-state index in [2.05, 4.69) is 17.2 Å². The van der Waals surface area contributed by atoms with Crippen molar-refractivity contribution >= 4 is 15.7 Å². The molecule has 5 nitrogen and oxygen atoms in total. The lowest BCUT2D eigenvalue weighted by atomic mass is 9.87. The van der Waals surface area contributed by atoms with Crippen LogP contribution >= 0.6 is 0 Å².